The highest BCUT2D eigenvalue weighted by Crippen LogP contribution is 2.28. The minimum atomic E-state index is -1.59. The van der Waals surface area contributed by atoms with E-state index in [2.05, 4.69) is 26.2 Å². The summed E-state index contributed by atoms with van der Waals surface area (Å²) in [7, 11) is 1.63. The molecular formula is C6H10BrFN4. The van der Waals surface area contributed by atoms with Crippen LogP contribution in [0, 0.1) is 0 Å². The van der Waals surface area contributed by atoms with Crippen LogP contribution in [-0.4, -0.2) is 21.5 Å². The molecule has 6 heteroatoms. The second kappa shape index (κ2) is 3.10. The molecule has 0 spiro atoms. The van der Waals surface area contributed by atoms with E-state index in [1.54, 1.807) is 7.05 Å². The molecular weight excluding hydrogens is 227 g/mol. The topological polar surface area (TPSA) is 56.7 Å². The molecule has 0 bridgehead atoms. The highest BCUT2D eigenvalue weighted by Gasteiger charge is 2.31. The maximum Gasteiger partial charge on any atom is 0.164 e. The zero-order chi connectivity index (χ0) is 9.35. The van der Waals surface area contributed by atoms with E-state index < -0.39 is 5.67 Å². The van der Waals surface area contributed by atoms with Gasteiger partial charge in [0.25, 0.3) is 0 Å². The average Bonchev–Trinajstić information content (AvgIpc) is 2.31. The first-order valence-electron chi connectivity index (χ1n) is 3.43. The lowest BCUT2D eigenvalue weighted by molar-refractivity contribution is 0.188. The van der Waals surface area contributed by atoms with Crippen molar-refractivity contribution in [3.8, 4) is 0 Å². The first-order chi connectivity index (χ1) is 5.49. The number of nitrogens with zero attached hydrogens (tertiary/aromatic N) is 3. The Labute approximate surface area is 78.1 Å². The van der Waals surface area contributed by atoms with Crippen LogP contribution >= 0.6 is 15.9 Å². The van der Waals surface area contributed by atoms with Crippen LogP contribution in [0.15, 0.2) is 4.60 Å². The van der Waals surface area contributed by atoms with Gasteiger partial charge in [0.2, 0.25) is 0 Å². The van der Waals surface area contributed by atoms with Crippen molar-refractivity contribution in [1.29, 1.82) is 0 Å². The summed E-state index contributed by atoms with van der Waals surface area (Å²) < 4.78 is 15.4. The minimum Gasteiger partial charge on any atom is -0.327 e. The van der Waals surface area contributed by atoms with Crippen LogP contribution in [-0.2, 0) is 12.7 Å². The van der Waals surface area contributed by atoms with Crippen LogP contribution in [0.2, 0.25) is 0 Å². The van der Waals surface area contributed by atoms with E-state index >= 15 is 0 Å². The van der Waals surface area contributed by atoms with Crippen LogP contribution in [0.1, 0.15) is 12.6 Å². The second-order valence-electron chi connectivity index (χ2n) is 2.75. The van der Waals surface area contributed by atoms with E-state index in [1.165, 1.54) is 11.6 Å². The number of hydrogen-bond donors (Lipinski definition) is 1. The van der Waals surface area contributed by atoms with Crippen molar-refractivity contribution in [3.05, 3.63) is 10.3 Å². The Balaban J connectivity index is 3.17. The fourth-order valence-electron chi connectivity index (χ4n) is 0.981. The van der Waals surface area contributed by atoms with Crippen molar-refractivity contribution >= 4 is 15.9 Å². The predicted molar refractivity (Wildman–Crippen MR) is 46.2 cm³/mol. The van der Waals surface area contributed by atoms with Gasteiger partial charge in [0.1, 0.15) is 5.69 Å². The molecule has 1 aromatic rings. The van der Waals surface area contributed by atoms with Gasteiger partial charge in [-0.05, 0) is 22.9 Å². The molecule has 68 valence electrons. The van der Waals surface area contributed by atoms with Crippen molar-refractivity contribution in [3.63, 3.8) is 0 Å². The zero-order valence-electron chi connectivity index (χ0n) is 6.88. The summed E-state index contributed by atoms with van der Waals surface area (Å²) in [4.78, 5) is 0. The minimum absolute atomic E-state index is 0.0905. The summed E-state index contributed by atoms with van der Waals surface area (Å²) in [6, 6.07) is 0. The Bertz CT molecular complexity index is 264. The molecule has 0 aliphatic rings. The number of alkyl halides is 1. The molecule has 1 unspecified atom stereocenters. The van der Waals surface area contributed by atoms with E-state index in [0.29, 0.717) is 10.3 Å². The van der Waals surface area contributed by atoms with Gasteiger partial charge in [-0.3, -0.25) is 0 Å². The van der Waals surface area contributed by atoms with Gasteiger partial charge in [-0.15, -0.1) is 5.10 Å². The molecule has 2 N–H and O–H groups in total. The fraction of sp³-hybridized carbons (Fsp3) is 0.667. The summed E-state index contributed by atoms with van der Waals surface area (Å²) in [5.41, 5.74) is 4.05. The van der Waals surface area contributed by atoms with Crippen molar-refractivity contribution in [2.24, 2.45) is 12.8 Å². The van der Waals surface area contributed by atoms with Crippen molar-refractivity contribution in [1.82, 2.24) is 15.0 Å². The molecule has 0 radical (unpaired) electrons. The smallest absolute Gasteiger partial charge is 0.164 e. The van der Waals surface area contributed by atoms with Gasteiger partial charge in [0.15, 0.2) is 10.3 Å². The van der Waals surface area contributed by atoms with Gasteiger partial charge in [-0.2, -0.15) is 0 Å². The molecule has 12 heavy (non-hydrogen) atoms. The number of nitrogens with two attached hydrogens (primary N) is 1. The summed E-state index contributed by atoms with van der Waals surface area (Å²) in [6.07, 6.45) is 0. The van der Waals surface area contributed by atoms with Crippen LogP contribution in [0.4, 0.5) is 4.39 Å². The lowest BCUT2D eigenvalue weighted by atomic mass is 10.1. The van der Waals surface area contributed by atoms with Crippen molar-refractivity contribution in [2.75, 3.05) is 6.54 Å². The molecule has 0 amide bonds. The third-order valence-electron chi connectivity index (χ3n) is 1.66. The van der Waals surface area contributed by atoms with Gasteiger partial charge in [0, 0.05) is 13.6 Å². The third-order valence-corrected chi connectivity index (χ3v) is 2.20. The Morgan fingerprint density at radius 1 is 1.75 bits per heavy atom. The lowest BCUT2D eigenvalue weighted by Crippen LogP contribution is -2.29. The molecule has 0 saturated heterocycles. The highest BCUT2D eigenvalue weighted by molar-refractivity contribution is 9.10. The molecule has 0 aromatic carbocycles. The summed E-state index contributed by atoms with van der Waals surface area (Å²) in [5, 5.41) is 7.32. The van der Waals surface area contributed by atoms with E-state index in [4.69, 9.17) is 5.73 Å². The SMILES string of the molecule is Cn1nnc(Br)c1C(C)(F)CN. The predicted octanol–water partition coefficient (Wildman–Crippen LogP) is 0.721. The maximum absolute atomic E-state index is 13.7. The quantitative estimate of drug-likeness (QED) is 0.824. The fourth-order valence-corrected chi connectivity index (χ4v) is 1.72. The zero-order valence-corrected chi connectivity index (χ0v) is 8.47. The molecule has 0 aliphatic carbocycles. The van der Waals surface area contributed by atoms with E-state index in [-0.39, 0.29) is 6.54 Å². The molecule has 0 saturated carbocycles. The lowest BCUT2D eigenvalue weighted by Gasteiger charge is -2.17. The Morgan fingerprint density at radius 3 is 2.67 bits per heavy atom. The number of hydrogen-bond acceptors (Lipinski definition) is 3. The molecule has 1 aromatic heterocycles. The van der Waals surface area contributed by atoms with Crippen LogP contribution < -0.4 is 5.73 Å². The normalized spacial score (nSPS) is 16.1. The van der Waals surface area contributed by atoms with Gasteiger partial charge < -0.3 is 5.73 Å². The third kappa shape index (κ3) is 1.49. The van der Waals surface area contributed by atoms with Crippen LogP contribution in [0.3, 0.4) is 0 Å². The van der Waals surface area contributed by atoms with Gasteiger partial charge in [0.05, 0.1) is 0 Å². The first kappa shape index (κ1) is 9.60. The maximum atomic E-state index is 13.7. The average molecular weight is 237 g/mol. The van der Waals surface area contributed by atoms with Crippen molar-refractivity contribution in [2.45, 2.75) is 12.6 Å². The van der Waals surface area contributed by atoms with E-state index in [1.807, 2.05) is 0 Å². The van der Waals surface area contributed by atoms with Gasteiger partial charge in [-0.25, -0.2) is 9.07 Å². The van der Waals surface area contributed by atoms with Crippen molar-refractivity contribution < 1.29 is 4.39 Å². The summed E-state index contributed by atoms with van der Waals surface area (Å²) >= 11 is 3.10. The van der Waals surface area contributed by atoms with E-state index in [0.717, 1.165) is 0 Å². The molecule has 1 heterocycles. The van der Waals surface area contributed by atoms with Crippen LogP contribution in [0.5, 0.6) is 0 Å². The summed E-state index contributed by atoms with van der Waals surface area (Å²) in [6.45, 7) is 1.31. The molecule has 0 aliphatic heterocycles. The summed E-state index contributed by atoms with van der Waals surface area (Å²) in [5.74, 6) is 0. The van der Waals surface area contributed by atoms with Crippen LogP contribution in [0.25, 0.3) is 0 Å². The second-order valence-corrected chi connectivity index (χ2v) is 3.51. The Morgan fingerprint density at radius 2 is 2.33 bits per heavy atom. The number of aromatic nitrogens is 3. The standard InChI is InChI=1S/C6H10BrFN4/c1-6(8,3-9)4-5(7)10-11-12(4)2/h3,9H2,1-2H3. The number of halogens is 2. The monoisotopic (exact) mass is 236 g/mol. The first-order valence-corrected chi connectivity index (χ1v) is 4.23. The largest absolute Gasteiger partial charge is 0.327 e. The molecule has 0 fully saturated rings. The van der Waals surface area contributed by atoms with Gasteiger partial charge in [-0.1, -0.05) is 5.21 Å². The highest BCUT2D eigenvalue weighted by atomic mass is 79.9. The number of aryl methyl sites for hydroxylation is 1. The Hall–Kier alpha value is -0.490. The number of rotatable bonds is 2. The van der Waals surface area contributed by atoms with Gasteiger partial charge >= 0.3 is 0 Å². The molecule has 1 atom stereocenters. The van der Waals surface area contributed by atoms with E-state index in [9.17, 15) is 4.39 Å². The molecule has 4 nitrogen and oxygen atoms in total. The Kier molecular flexibility index (Phi) is 2.48. The molecule has 1 rings (SSSR count).